The summed E-state index contributed by atoms with van der Waals surface area (Å²) in [4.78, 5) is 0. The Kier molecular flexibility index (Phi) is 5.45. The minimum absolute atomic E-state index is 0.346. The molecule has 0 heterocycles. The molecule has 0 spiro atoms. The van der Waals surface area contributed by atoms with Crippen molar-refractivity contribution in [1.29, 1.82) is 0 Å². The molecule has 0 bridgehead atoms. The van der Waals surface area contributed by atoms with Crippen LogP contribution in [0.4, 0.5) is 0 Å². The molecule has 1 aliphatic carbocycles. The molecule has 1 fully saturated rings. The van der Waals surface area contributed by atoms with Crippen molar-refractivity contribution >= 4 is 0 Å². The first kappa shape index (κ1) is 14.6. The molecule has 1 unspecified atom stereocenters. The second-order valence-electron chi connectivity index (χ2n) is 6.40. The highest BCUT2D eigenvalue weighted by molar-refractivity contribution is 5.31. The number of hydrogen-bond donors (Lipinski definition) is 1. The summed E-state index contributed by atoms with van der Waals surface area (Å²) in [7, 11) is 0. The molecule has 1 nitrogen and oxygen atoms in total. The highest BCUT2D eigenvalue weighted by Crippen LogP contribution is 2.26. The van der Waals surface area contributed by atoms with Crippen molar-refractivity contribution in [2.24, 2.45) is 11.7 Å². The average Bonchev–Trinajstić information content (AvgIpc) is 2.33. The van der Waals surface area contributed by atoms with Crippen LogP contribution >= 0.6 is 0 Å². The Hall–Kier alpha value is -0.820. The zero-order chi connectivity index (χ0) is 13.7. The van der Waals surface area contributed by atoms with Gasteiger partial charge in [0.05, 0.1) is 0 Å². The SMILES string of the molecule is Cc1ccc(C)c(CC(N)C2CCCCCCC2)c1. The van der Waals surface area contributed by atoms with Crippen molar-refractivity contribution in [2.75, 3.05) is 0 Å². The third-order valence-corrected chi connectivity index (χ3v) is 4.72. The molecule has 0 amide bonds. The lowest BCUT2D eigenvalue weighted by Gasteiger charge is -2.26. The standard InChI is InChI=1S/C18H29N/c1-14-10-11-15(2)17(12-14)13-18(19)16-8-6-4-3-5-7-9-16/h10-12,16,18H,3-9,13,19H2,1-2H3. The van der Waals surface area contributed by atoms with E-state index in [0.717, 1.165) is 12.3 Å². The topological polar surface area (TPSA) is 26.0 Å². The van der Waals surface area contributed by atoms with Gasteiger partial charge in [0, 0.05) is 6.04 Å². The molecule has 2 rings (SSSR count). The molecule has 1 heteroatoms. The van der Waals surface area contributed by atoms with Gasteiger partial charge in [0.1, 0.15) is 0 Å². The van der Waals surface area contributed by atoms with Crippen LogP contribution in [0, 0.1) is 19.8 Å². The van der Waals surface area contributed by atoms with E-state index >= 15 is 0 Å². The Morgan fingerprint density at radius 2 is 1.68 bits per heavy atom. The predicted octanol–water partition coefficient (Wildman–Crippen LogP) is 4.53. The summed E-state index contributed by atoms with van der Waals surface area (Å²) < 4.78 is 0. The number of benzene rings is 1. The van der Waals surface area contributed by atoms with E-state index in [1.54, 1.807) is 0 Å². The Labute approximate surface area is 118 Å². The van der Waals surface area contributed by atoms with Crippen molar-refractivity contribution in [3.8, 4) is 0 Å². The van der Waals surface area contributed by atoms with E-state index in [9.17, 15) is 0 Å². The summed E-state index contributed by atoms with van der Waals surface area (Å²) in [5, 5.41) is 0. The monoisotopic (exact) mass is 259 g/mol. The van der Waals surface area contributed by atoms with Crippen molar-refractivity contribution in [3.05, 3.63) is 34.9 Å². The van der Waals surface area contributed by atoms with Gasteiger partial charge in [0.15, 0.2) is 0 Å². The summed E-state index contributed by atoms with van der Waals surface area (Å²) in [6, 6.07) is 7.09. The molecule has 1 aromatic carbocycles. The van der Waals surface area contributed by atoms with Gasteiger partial charge >= 0.3 is 0 Å². The van der Waals surface area contributed by atoms with E-state index in [0.29, 0.717) is 6.04 Å². The Balaban J connectivity index is 1.98. The van der Waals surface area contributed by atoms with Gasteiger partial charge in [-0.05, 0) is 50.2 Å². The van der Waals surface area contributed by atoms with Crippen LogP contribution in [0.25, 0.3) is 0 Å². The lowest BCUT2D eigenvalue weighted by Crippen LogP contribution is -2.33. The normalized spacial score (nSPS) is 19.7. The molecule has 19 heavy (non-hydrogen) atoms. The Morgan fingerprint density at radius 3 is 2.37 bits per heavy atom. The fourth-order valence-electron chi connectivity index (χ4n) is 3.36. The van der Waals surface area contributed by atoms with E-state index in [4.69, 9.17) is 5.73 Å². The van der Waals surface area contributed by atoms with Crippen molar-refractivity contribution < 1.29 is 0 Å². The fourth-order valence-corrected chi connectivity index (χ4v) is 3.36. The van der Waals surface area contributed by atoms with Crippen LogP contribution in [-0.2, 0) is 6.42 Å². The molecule has 1 atom stereocenters. The second kappa shape index (κ2) is 7.09. The lowest BCUT2D eigenvalue weighted by atomic mass is 9.83. The van der Waals surface area contributed by atoms with Crippen molar-refractivity contribution in [3.63, 3.8) is 0 Å². The van der Waals surface area contributed by atoms with Crippen LogP contribution < -0.4 is 5.73 Å². The van der Waals surface area contributed by atoms with Gasteiger partial charge in [0.25, 0.3) is 0 Å². The highest BCUT2D eigenvalue weighted by atomic mass is 14.6. The minimum atomic E-state index is 0.346. The summed E-state index contributed by atoms with van der Waals surface area (Å²) >= 11 is 0. The predicted molar refractivity (Wildman–Crippen MR) is 83.4 cm³/mol. The van der Waals surface area contributed by atoms with Crippen LogP contribution in [0.1, 0.15) is 61.6 Å². The summed E-state index contributed by atoms with van der Waals surface area (Å²) in [5.74, 6) is 0.736. The van der Waals surface area contributed by atoms with Crippen molar-refractivity contribution in [2.45, 2.75) is 71.3 Å². The van der Waals surface area contributed by atoms with E-state index in [2.05, 4.69) is 32.0 Å². The van der Waals surface area contributed by atoms with E-state index < -0.39 is 0 Å². The molecule has 0 aromatic heterocycles. The zero-order valence-electron chi connectivity index (χ0n) is 12.6. The van der Waals surface area contributed by atoms with E-state index in [-0.39, 0.29) is 0 Å². The highest BCUT2D eigenvalue weighted by Gasteiger charge is 2.19. The number of nitrogens with two attached hydrogens (primary N) is 1. The maximum Gasteiger partial charge on any atom is 0.0108 e. The zero-order valence-corrected chi connectivity index (χ0v) is 12.6. The van der Waals surface area contributed by atoms with Gasteiger partial charge in [-0.2, -0.15) is 0 Å². The number of aryl methyl sites for hydroxylation is 2. The smallest absolute Gasteiger partial charge is 0.0108 e. The van der Waals surface area contributed by atoms with Crippen molar-refractivity contribution in [1.82, 2.24) is 0 Å². The summed E-state index contributed by atoms with van der Waals surface area (Å²) in [6.45, 7) is 4.38. The van der Waals surface area contributed by atoms with Crippen LogP contribution in [0.15, 0.2) is 18.2 Å². The quantitative estimate of drug-likeness (QED) is 0.847. The molecule has 0 aliphatic heterocycles. The maximum atomic E-state index is 6.52. The Bertz CT molecular complexity index is 389. The van der Waals surface area contributed by atoms with Crippen LogP contribution in [0.5, 0.6) is 0 Å². The second-order valence-corrected chi connectivity index (χ2v) is 6.40. The molecule has 0 saturated heterocycles. The summed E-state index contributed by atoms with van der Waals surface area (Å²) in [6.07, 6.45) is 10.7. The number of hydrogen-bond acceptors (Lipinski definition) is 1. The van der Waals surface area contributed by atoms with E-state index in [1.165, 1.54) is 61.6 Å². The van der Waals surface area contributed by atoms with Gasteiger partial charge < -0.3 is 5.73 Å². The minimum Gasteiger partial charge on any atom is -0.327 e. The van der Waals surface area contributed by atoms with Gasteiger partial charge in [-0.3, -0.25) is 0 Å². The van der Waals surface area contributed by atoms with Gasteiger partial charge in [-0.1, -0.05) is 55.9 Å². The molecule has 106 valence electrons. The van der Waals surface area contributed by atoms with Crippen LogP contribution in [0.2, 0.25) is 0 Å². The lowest BCUT2D eigenvalue weighted by molar-refractivity contribution is 0.322. The van der Waals surface area contributed by atoms with Gasteiger partial charge in [-0.15, -0.1) is 0 Å². The third-order valence-electron chi connectivity index (χ3n) is 4.72. The van der Waals surface area contributed by atoms with E-state index in [1.807, 2.05) is 0 Å². The fraction of sp³-hybridized carbons (Fsp3) is 0.667. The van der Waals surface area contributed by atoms with Crippen LogP contribution in [-0.4, -0.2) is 6.04 Å². The molecule has 1 aliphatic rings. The van der Waals surface area contributed by atoms with Gasteiger partial charge in [0.2, 0.25) is 0 Å². The average molecular weight is 259 g/mol. The molecular weight excluding hydrogens is 230 g/mol. The largest absolute Gasteiger partial charge is 0.327 e. The molecule has 1 aromatic rings. The number of rotatable bonds is 3. The molecular formula is C18H29N. The first-order chi connectivity index (χ1) is 9.16. The first-order valence-electron chi connectivity index (χ1n) is 7.98. The molecule has 2 N–H and O–H groups in total. The maximum absolute atomic E-state index is 6.52. The molecule has 1 saturated carbocycles. The van der Waals surface area contributed by atoms with Gasteiger partial charge in [-0.25, -0.2) is 0 Å². The third kappa shape index (κ3) is 4.35. The Morgan fingerprint density at radius 1 is 1.05 bits per heavy atom. The summed E-state index contributed by atoms with van der Waals surface area (Å²) in [5.41, 5.74) is 10.7. The van der Waals surface area contributed by atoms with Crippen LogP contribution in [0.3, 0.4) is 0 Å². The first-order valence-corrected chi connectivity index (χ1v) is 7.98. The molecule has 0 radical (unpaired) electrons.